The van der Waals surface area contributed by atoms with Gasteiger partial charge in [-0.2, -0.15) is 0 Å². The summed E-state index contributed by atoms with van der Waals surface area (Å²) in [5.41, 5.74) is 0.934. The predicted molar refractivity (Wildman–Crippen MR) is 85.5 cm³/mol. The van der Waals surface area contributed by atoms with E-state index in [1.54, 1.807) is 0 Å². The van der Waals surface area contributed by atoms with Crippen LogP contribution < -0.4 is 10.6 Å². The standard InChI is InChI=1S/C17H24N2O3/c1-2-22-17(21)13-8-10-15(11-9-13)19-16(20)12-18-14-6-4-3-5-7-14/h3-7,13,15,18H,2,8-12H2,1H3,(H,19,20). The number of amides is 1. The van der Waals surface area contributed by atoms with Gasteiger partial charge in [-0.25, -0.2) is 0 Å². The van der Waals surface area contributed by atoms with Gasteiger partial charge in [0.25, 0.3) is 0 Å². The summed E-state index contributed by atoms with van der Waals surface area (Å²) in [6.45, 7) is 2.52. The van der Waals surface area contributed by atoms with Crippen molar-refractivity contribution in [3.05, 3.63) is 30.3 Å². The number of hydrogen-bond acceptors (Lipinski definition) is 4. The number of anilines is 1. The number of rotatable bonds is 6. The van der Waals surface area contributed by atoms with E-state index in [4.69, 9.17) is 4.74 Å². The molecule has 120 valence electrons. The minimum Gasteiger partial charge on any atom is -0.466 e. The zero-order valence-corrected chi connectivity index (χ0v) is 13.0. The first-order valence-electron chi connectivity index (χ1n) is 7.94. The molecule has 1 aliphatic rings. The summed E-state index contributed by atoms with van der Waals surface area (Å²) < 4.78 is 5.05. The molecule has 0 heterocycles. The molecule has 2 N–H and O–H groups in total. The van der Waals surface area contributed by atoms with E-state index in [2.05, 4.69) is 10.6 Å². The fourth-order valence-electron chi connectivity index (χ4n) is 2.75. The van der Waals surface area contributed by atoms with Crippen LogP contribution in [0.4, 0.5) is 5.69 Å². The van der Waals surface area contributed by atoms with Crippen molar-refractivity contribution in [3.63, 3.8) is 0 Å². The van der Waals surface area contributed by atoms with Gasteiger partial charge in [0.15, 0.2) is 0 Å². The molecule has 5 heteroatoms. The van der Waals surface area contributed by atoms with Crippen molar-refractivity contribution < 1.29 is 14.3 Å². The molecule has 1 amide bonds. The van der Waals surface area contributed by atoms with Gasteiger partial charge in [-0.3, -0.25) is 9.59 Å². The van der Waals surface area contributed by atoms with Gasteiger partial charge < -0.3 is 15.4 Å². The van der Waals surface area contributed by atoms with E-state index >= 15 is 0 Å². The van der Waals surface area contributed by atoms with Gasteiger partial charge in [0.2, 0.25) is 5.91 Å². The molecule has 1 aliphatic carbocycles. The van der Waals surface area contributed by atoms with Crippen LogP contribution in [-0.2, 0) is 14.3 Å². The Labute approximate surface area is 131 Å². The van der Waals surface area contributed by atoms with E-state index in [0.717, 1.165) is 31.4 Å². The molecule has 0 saturated heterocycles. The molecule has 1 aromatic carbocycles. The lowest BCUT2D eigenvalue weighted by atomic mass is 9.86. The number of ether oxygens (including phenoxy) is 1. The van der Waals surface area contributed by atoms with Crippen LogP contribution in [-0.4, -0.2) is 31.1 Å². The Bertz CT molecular complexity index is 482. The monoisotopic (exact) mass is 304 g/mol. The molecular formula is C17H24N2O3. The Morgan fingerprint density at radius 3 is 2.45 bits per heavy atom. The smallest absolute Gasteiger partial charge is 0.308 e. The van der Waals surface area contributed by atoms with Crippen LogP contribution in [0.25, 0.3) is 0 Å². The van der Waals surface area contributed by atoms with Crippen molar-refractivity contribution in [1.82, 2.24) is 5.32 Å². The highest BCUT2D eigenvalue weighted by molar-refractivity contribution is 5.81. The molecule has 1 saturated carbocycles. The van der Waals surface area contributed by atoms with E-state index in [9.17, 15) is 9.59 Å². The molecule has 1 fully saturated rings. The van der Waals surface area contributed by atoms with Crippen LogP contribution in [0.5, 0.6) is 0 Å². The number of carbonyl (C=O) groups excluding carboxylic acids is 2. The maximum absolute atomic E-state index is 11.9. The second-order valence-electron chi connectivity index (χ2n) is 5.59. The van der Waals surface area contributed by atoms with E-state index in [0.29, 0.717) is 6.61 Å². The first-order chi connectivity index (χ1) is 10.7. The predicted octanol–water partition coefficient (Wildman–Crippen LogP) is 2.34. The topological polar surface area (TPSA) is 67.4 Å². The number of carbonyl (C=O) groups is 2. The van der Waals surface area contributed by atoms with Gasteiger partial charge >= 0.3 is 5.97 Å². The molecular weight excluding hydrogens is 280 g/mol. The van der Waals surface area contributed by atoms with Crippen LogP contribution in [0.2, 0.25) is 0 Å². The normalized spacial score (nSPS) is 21.0. The highest BCUT2D eigenvalue weighted by Gasteiger charge is 2.27. The summed E-state index contributed by atoms with van der Waals surface area (Å²) in [5.74, 6) is -0.114. The summed E-state index contributed by atoms with van der Waals surface area (Å²) in [7, 11) is 0. The third-order valence-corrected chi connectivity index (χ3v) is 3.94. The molecule has 1 aromatic rings. The SMILES string of the molecule is CCOC(=O)C1CCC(NC(=O)CNc2ccccc2)CC1. The fourth-order valence-corrected chi connectivity index (χ4v) is 2.75. The Kier molecular flexibility index (Phi) is 6.25. The van der Waals surface area contributed by atoms with Crippen LogP contribution >= 0.6 is 0 Å². The van der Waals surface area contributed by atoms with Crippen molar-refractivity contribution in [2.24, 2.45) is 5.92 Å². The molecule has 0 radical (unpaired) electrons. The average Bonchev–Trinajstić information content (AvgIpc) is 2.55. The zero-order valence-electron chi connectivity index (χ0n) is 13.0. The highest BCUT2D eigenvalue weighted by atomic mass is 16.5. The second-order valence-corrected chi connectivity index (χ2v) is 5.59. The molecule has 2 rings (SSSR count). The average molecular weight is 304 g/mol. The molecule has 0 bridgehead atoms. The summed E-state index contributed by atoms with van der Waals surface area (Å²) in [6.07, 6.45) is 3.24. The first kappa shape index (κ1) is 16.3. The Morgan fingerprint density at radius 2 is 1.82 bits per heavy atom. The lowest BCUT2D eigenvalue weighted by molar-refractivity contribution is -0.149. The van der Waals surface area contributed by atoms with Gasteiger partial charge in [-0.15, -0.1) is 0 Å². The van der Waals surface area contributed by atoms with Crippen molar-refractivity contribution >= 4 is 17.6 Å². The summed E-state index contributed by atoms with van der Waals surface area (Å²) in [5, 5.41) is 6.12. The van der Waals surface area contributed by atoms with Crippen molar-refractivity contribution in [3.8, 4) is 0 Å². The number of esters is 1. The van der Waals surface area contributed by atoms with Gasteiger partial charge in [-0.05, 0) is 44.7 Å². The Hall–Kier alpha value is -2.04. The molecule has 22 heavy (non-hydrogen) atoms. The maximum Gasteiger partial charge on any atom is 0.308 e. The number of para-hydroxylation sites is 1. The van der Waals surface area contributed by atoms with Gasteiger partial charge in [0.05, 0.1) is 19.1 Å². The number of hydrogen-bond donors (Lipinski definition) is 2. The van der Waals surface area contributed by atoms with Crippen LogP contribution in [0, 0.1) is 5.92 Å². The zero-order chi connectivity index (χ0) is 15.8. The van der Waals surface area contributed by atoms with Crippen molar-refractivity contribution in [1.29, 1.82) is 0 Å². The number of nitrogens with one attached hydrogen (secondary N) is 2. The molecule has 0 spiro atoms. The number of benzene rings is 1. The molecule has 0 aromatic heterocycles. The molecule has 0 aliphatic heterocycles. The van der Waals surface area contributed by atoms with E-state index < -0.39 is 0 Å². The van der Waals surface area contributed by atoms with Gasteiger partial charge in [0, 0.05) is 11.7 Å². The second kappa shape index (κ2) is 8.41. The summed E-state index contributed by atoms with van der Waals surface area (Å²) in [4.78, 5) is 23.6. The molecule has 5 nitrogen and oxygen atoms in total. The third-order valence-electron chi connectivity index (χ3n) is 3.94. The Balaban J connectivity index is 1.67. The molecule has 0 atom stereocenters. The highest BCUT2D eigenvalue weighted by Crippen LogP contribution is 2.25. The maximum atomic E-state index is 11.9. The minimum atomic E-state index is -0.0991. The quantitative estimate of drug-likeness (QED) is 0.792. The summed E-state index contributed by atoms with van der Waals surface area (Å²) >= 11 is 0. The van der Waals surface area contributed by atoms with E-state index in [1.165, 1.54) is 0 Å². The molecule has 0 unspecified atom stereocenters. The largest absolute Gasteiger partial charge is 0.466 e. The van der Waals surface area contributed by atoms with E-state index in [1.807, 2.05) is 37.3 Å². The lowest BCUT2D eigenvalue weighted by Crippen LogP contribution is -2.41. The van der Waals surface area contributed by atoms with E-state index in [-0.39, 0.29) is 30.4 Å². The van der Waals surface area contributed by atoms with Crippen LogP contribution in [0.1, 0.15) is 32.6 Å². The first-order valence-corrected chi connectivity index (χ1v) is 7.94. The Morgan fingerprint density at radius 1 is 1.14 bits per heavy atom. The summed E-state index contributed by atoms with van der Waals surface area (Å²) in [6, 6.07) is 9.81. The lowest BCUT2D eigenvalue weighted by Gasteiger charge is -2.27. The van der Waals surface area contributed by atoms with Crippen LogP contribution in [0.3, 0.4) is 0 Å². The fraction of sp³-hybridized carbons (Fsp3) is 0.529. The van der Waals surface area contributed by atoms with Gasteiger partial charge in [0.1, 0.15) is 0 Å². The van der Waals surface area contributed by atoms with Crippen LogP contribution in [0.15, 0.2) is 30.3 Å². The van der Waals surface area contributed by atoms with Crippen molar-refractivity contribution in [2.45, 2.75) is 38.6 Å². The van der Waals surface area contributed by atoms with Gasteiger partial charge in [-0.1, -0.05) is 18.2 Å². The minimum absolute atomic E-state index is 0.00412. The van der Waals surface area contributed by atoms with Crippen molar-refractivity contribution in [2.75, 3.05) is 18.5 Å². The third kappa shape index (κ3) is 5.06.